The number of halogens is 4. The zero-order valence-corrected chi connectivity index (χ0v) is 12.4. The molecule has 2 N–H and O–H groups in total. The molecule has 1 aliphatic rings. The molecular formula is C13H16F4N2O2S. The molecule has 1 unspecified atom stereocenters. The zero-order valence-electron chi connectivity index (χ0n) is 11.6. The van der Waals surface area contributed by atoms with Gasteiger partial charge in [-0.15, -0.1) is 0 Å². The zero-order chi connectivity index (χ0) is 16.4. The molecule has 1 heterocycles. The van der Waals surface area contributed by atoms with Crippen LogP contribution in [-0.2, 0) is 16.2 Å². The van der Waals surface area contributed by atoms with Crippen molar-refractivity contribution in [2.24, 2.45) is 5.92 Å². The van der Waals surface area contributed by atoms with Crippen LogP contribution in [0, 0.1) is 11.7 Å². The van der Waals surface area contributed by atoms with Crippen LogP contribution in [0.3, 0.4) is 0 Å². The molecule has 0 amide bonds. The maximum Gasteiger partial charge on any atom is 0.416 e. The summed E-state index contributed by atoms with van der Waals surface area (Å²) in [4.78, 5) is -0.980. The molecule has 9 heteroatoms. The van der Waals surface area contributed by atoms with Crippen molar-refractivity contribution in [1.82, 2.24) is 10.0 Å². The fourth-order valence-corrected chi connectivity index (χ4v) is 3.51. The second-order valence-corrected chi connectivity index (χ2v) is 6.94. The van der Waals surface area contributed by atoms with Gasteiger partial charge in [0.2, 0.25) is 10.0 Å². The summed E-state index contributed by atoms with van der Waals surface area (Å²) in [6.07, 6.45) is -3.03. The largest absolute Gasteiger partial charge is 0.416 e. The van der Waals surface area contributed by atoms with Gasteiger partial charge in [0.1, 0.15) is 10.7 Å². The molecule has 0 saturated carbocycles. The summed E-state index contributed by atoms with van der Waals surface area (Å²) in [6.45, 7) is 1.53. The van der Waals surface area contributed by atoms with Crippen molar-refractivity contribution in [2.75, 3.05) is 19.6 Å². The Labute approximate surface area is 126 Å². The Morgan fingerprint density at radius 3 is 2.64 bits per heavy atom. The monoisotopic (exact) mass is 340 g/mol. The SMILES string of the molecule is O=S(=O)(NCC1CCCNC1)c1cc(C(F)(F)F)ccc1F. The number of alkyl halides is 3. The van der Waals surface area contributed by atoms with E-state index in [2.05, 4.69) is 10.0 Å². The molecule has 0 bridgehead atoms. The number of sulfonamides is 1. The van der Waals surface area contributed by atoms with Gasteiger partial charge in [0.05, 0.1) is 5.56 Å². The van der Waals surface area contributed by atoms with Crippen molar-refractivity contribution < 1.29 is 26.0 Å². The highest BCUT2D eigenvalue weighted by Crippen LogP contribution is 2.31. The molecule has 124 valence electrons. The summed E-state index contributed by atoms with van der Waals surface area (Å²) in [5, 5.41) is 3.09. The summed E-state index contributed by atoms with van der Waals surface area (Å²) in [7, 11) is -4.33. The van der Waals surface area contributed by atoms with Crippen LogP contribution in [0.2, 0.25) is 0 Å². The second kappa shape index (κ2) is 6.51. The summed E-state index contributed by atoms with van der Waals surface area (Å²) in [5.41, 5.74) is -1.20. The molecular weight excluding hydrogens is 324 g/mol. The molecule has 0 aliphatic carbocycles. The minimum absolute atomic E-state index is 0.0392. The van der Waals surface area contributed by atoms with E-state index in [1.165, 1.54) is 0 Å². The van der Waals surface area contributed by atoms with Gasteiger partial charge in [-0.05, 0) is 50.0 Å². The second-order valence-electron chi connectivity index (χ2n) is 5.21. The Kier molecular flexibility index (Phi) is 5.08. The standard InChI is InChI=1S/C13H16F4N2O2S/c14-11-4-3-10(13(15,16)17)6-12(11)22(20,21)19-8-9-2-1-5-18-7-9/h3-4,6,9,18-19H,1-2,5,7-8H2. The van der Waals surface area contributed by atoms with Gasteiger partial charge in [-0.25, -0.2) is 17.5 Å². The lowest BCUT2D eigenvalue weighted by Crippen LogP contribution is -2.38. The molecule has 1 fully saturated rings. The molecule has 0 radical (unpaired) electrons. The summed E-state index contributed by atoms with van der Waals surface area (Å²) < 4.78 is 77.7. The molecule has 4 nitrogen and oxygen atoms in total. The minimum Gasteiger partial charge on any atom is -0.316 e. The first kappa shape index (κ1) is 17.2. The maximum atomic E-state index is 13.6. The van der Waals surface area contributed by atoms with E-state index in [0.717, 1.165) is 19.4 Å². The van der Waals surface area contributed by atoms with Crippen LogP contribution in [0.4, 0.5) is 17.6 Å². The van der Waals surface area contributed by atoms with E-state index in [9.17, 15) is 26.0 Å². The average molecular weight is 340 g/mol. The lowest BCUT2D eigenvalue weighted by atomic mass is 10.0. The lowest BCUT2D eigenvalue weighted by Gasteiger charge is -2.23. The maximum absolute atomic E-state index is 13.6. The van der Waals surface area contributed by atoms with Gasteiger partial charge in [-0.2, -0.15) is 13.2 Å². The molecule has 1 aromatic carbocycles. The Hall–Kier alpha value is -1.19. The van der Waals surface area contributed by atoms with Crippen LogP contribution in [0.1, 0.15) is 18.4 Å². The van der Waals surface area contributed by atoms with Crippen molar-refractivity contribution in [3.8, 4) is 0 Å². The highest BCUT2D eigenvalue weighted by molar-refractivity contribution is 7.89. The van der Waals surface area contributed by atoms with Gasteiger partial charge in [0.15, 0.2) is 0 Å². The van der Waals surface area contributed by atoms with Crippen LogP contribution in [0.5, 0.6) is 0 Å². The molecule has 1 aromatic rings. The van der Waals surface area contributed by atoms with Crippen molar-refractivity contribution in [2.45, 2.75) is 23.9 Å². The molecule has 1 atom stereocenters. The Morgan fingerprint density at radius 2 is 2.05 bits per heavy atom. The first-order chi connectivity index (χ1) is 10.2. The van der Waals surface area contributed by atoms with E-state index in [1.54, 1.807) is 0 Å². The van der Waals surface area contributed by atoms with E-state index in [-0.39, 0.29) is 12.5 Å². The third-order valence-corrected chi connectivity index (χ3v) is 4.95. The normalized spacial score (nSPS) is 20.1. The third-order valence-electron chi connectivity index (χ3n) is 3.51. The van der Waals surface area contributed by atoms with Crippen LogP contribution < -0.4 is 10.0 Å². The predicted octanol–water partition coefficient (Wildman–Crippen LogP) is 2.12. The first-order valence-electron chi connectivity index (χ1n) is 6.77. The average Bonchev–Trinajstić information content (AvgIpc) is 2.45. The Morgan fingerprint density at radius 1 is 1.32 bits per heavy atom. The topological polar surface area (TPSA) is 58.2 Å². The minimum atomic E-state index is -4.73. The highest BCUT2D eigenvalue weighted by Gasteiger charge is 2.33. The van der Waals surface area contributed by atoms with Crippen LogP contribution >= 0.6 is 0 Å². The molecule has 2 rings (SSSR count). The highest BCUT2D eigenvalue weighted by atomic mass is 32.2. The fourth-order valence-electron chi connectivity index (χ4n) is 2.29. The van der Waals surface area contributed by atoms with Gasteiger partial charge < -0.3 is 5.32 Å². The van der Waals surface area contributed by atoms with Gasteiger partial charge in [0, 0.05) is 6.54 Å². The summed E-state index contributed by atoms with van der Waals surface area (Å²) in [6, 6.07) is 1.34. The molecule has 22 heavy (non-hydrogen) atoms. The fraction of sp³-hybridized carbons (Fsp3) is 0.538. The van der Waals surface area contributed by atoms with Crippen molar-refractivity contribution in [3.63, 3.8) is 0 Å². The van der Waals surface area contributed by atoms with Crippen molar-refractivity contribution >= 4 is 10.0 Å². The van der Waals surface area contributed by atoms with Gasteiger partial charge in [-0.1, -0.05) is 0 Å². The quantitative estimate of drug-likeness (QED) is 0.826. The van der Waals surface area contributed by atoms with Crippen molar-refractivity contribution in [3.05, 3.63) is 29.6 Å². The Balaban J connectivity index is 2.17. The summed E-state index contributed by atoms with van der Waals surface area (Å²) >= 11 is 0. The third kappa shape index (κ3) is 4.17. The van der Waals surface area contributed by atoms with Gasteiger partial charge >= 0.3 is 6.18 Å². The number of hydrogen-bond donors (Lipinski definition) is 2. The van der Waals surface area contributed by atoms with Gasteiger partial charge in [-0.3, -0.25) is 0 Å². The Bertz CT molecular complexity index is 625. The van der Waals surface area contributed by atoms with Crippen molar-refractivity contribution in [1.29, 1.82) is 0 Å². The lowest BCUT2D eigenvalue weighted by molar-refractivity contribution is -0.137. The molecule has 1 aliphatic heterocycles. The molecule has 0 spiro atoms. The predicted molar refractivity (Wildman–Crippen MR) is 72.2 cm³/mol. The number of rotatable bonds is 4. The van der Waals surface area contributed by atoms with Crippen LogP contribution in [0.25, 0.3) is 0 Å². The number of nitrogens with one attached hydrogen (secondary N) is 2. The van der Waals surface area contributed by atoms with Gasteiger partial charge in [0.25, 0.3) is 0 Å². The van der Waals surface area contributed by atoms with E-state index in [0.29, 0.717) is 24.7 Å². The number of hydrogen-bond acceptors (Lipinski definition) is 3. The van der Waals surface area contributed by atoms with E-state index in [1.807, 2.05) is 0 Å². The van der Waals surface area contributed by atoms with E-state index in [4.69, 9.17) is 0 Å². The van der Waals surface area contributed by atoms with Crippen LogP contribution in [0.15, 0.2) is 23.1 Å². The first-order valence-corrected chi connectivity index (χ1v) is 8.25. The number of benzene rings is 1. The number of piperidine rings is 1. The van der Waals surface area contributed by atoms with E-state index < -0.39 is 32.5 Å². The summed E-state index contributed by atoms with van der Waals surface area (Å²) in [5.74, 6) is -1.17. The molecule has 0 aromatic heterocycles. The molecule has 1 saturated heterocycles. The van der Waals surface area contributed by atoms with E-state index >= 15 is 0 Å². The smallest absolute Gasteiger partial charge is 0.316 e. The van der Waals surface area contributed by atoms with Crippen LogP contribution in [-0.4, -0.2) is 28.1 Å².